The monoisotopic (exact) mass is 255 g/mol. The van der Waals surface area contributed by atoms with Crippen molar-refractivity contribution < 1.29 is 5.11 Å². The number of nitrogens with zero attached hydrogens (tertiary/aromatic N) is 3. The Morgan fingerprint density at radius 3 is 2.94 bits per heavy atom. The highest BCUT2D eigenvalue weighted by molar-refractivity contribution is 7.09. The maximum atomic E-state index is 10.1. The number of rotatable bonds is 4. The molecule has 0 aliphatic rings. The zero-order valence-corrected chi connectivity index (χ0v) is 10.8. The van der Waals surface area contributed by atoms with Gasteiger partial charge < -0.3 is 5.11 Å². The summed E-state index contributed by atoms with van der Waals surface area (Å²) in [6.45, 7) is 3.97. The SMILES string of the molecule is CCc1nnsc1C(O)Cc1nc(C)cs1. The molecule has 2 rings (SSSR count). The van der Waals surface area contributed by atoms with Crippen molar-refractivity contribution in [2.75, 3.05) is 0 Å². The predicted octanol–water partition coefficient (Wildman–Crippen LogP) is 2.14. The maximum absolute atomic E-state index is 10.1. The van der Waals surface area contributed by atoms with E-state index in [-0.39, 0.29) is 0 Å². The van der Waals surface area contributed by atoms with Crippen LogP contribution < -0.4 is 0 Å². The van der Waals surface area contributed by atoms with Crippen molar-refractivity contribution in [2.24, 2.45) is 0 Å². The molecule has 0 amide bonds. The molecule has 0 fully saturated rings. The summed E-state index contributed by atoms with van der Waals surface area (Å²) in [4.78, 5) is 5.21. The number of hydrogen-bond acceptors (Lipinski definition) is 6. The molecule has 4 nitrogen and oxygen atoms in total. The van der Waals surface area contributed by atoms with Crippen molar-refractivity contribution in [1.82, 2.24) is 14.6 Å². The van der Waals surface area contributed by atoms with E-state index in [4.69, 9.17) is 0 Å². The second-order valence-corrected chi connectivity index (χ2v) is 5.27. The highest BCUT2D eigenvalue weighted by Crippen LogP contribution is 2.25. The highest BCUT2D eigenvalue weighted by atomic mass is 32.1. The number of aliphatic hydroxyl groups excluding tert-OH is 1. The first-order valence-corrected chi connectivity index (χ1v) is 6.76. The molecular weight excluding hydrogens is 242 g/mol. The Kier molecular flexibility index (Phi) is 3.63. The van der Waals surface area contributed by atoms with Crippen molar-refractivity contribution in [3.05, 3.63) is 26.7 Å². The van der Waals surface area contributed by atoms with E-state index < -0.39 is 6.10 Å². The van der Waals surface area contributed by atoms with Crippen LogP contribution in [0, 0.1) is 6.92 Å². The normalized spacial score (nSPS) is 12.9. The van der Waals surface area contributed by atoms with Gasteiger partial charge in [-0.25, -0.2) is 4.98 Å². The lowest BCUT2D eigenvalue weighted by molar-refractivity contribution is 0.181. The van der Waals surface area contributed by atoms with Crippen molar-refractivity contribution in [3.63, 3.8) is 0 Å². The molecule has 0 radical (unpaired) electrons. The molecule has 0 spiro atoms. The molecule has 0 aromatic carbocycles. The van der Waals surface area contributed by atoms with Crippen LogP contribution in [0.15, 0.2) is 5.38 Å². The minimum atomic E-state index is -0.527. The van der Waals surface area contributed by atoms with Crippen molar-refractivity contribution in [3.8, 4) is 0 Å². The standard InChI is InChI=1S/C10H13N3OS2/c1-3-7-10(16-13-12-7)8(14)4-9-11-6(2)5-15-9/h5,8,14H,3-4H2,1-2H3. The van der Waals surface area contributed by atoms with E-state index in [1.54, 1.807) is 11.3 Å². The van der Waals surface area contributed by atoms with Crippen LogP contribution in [0.5, 0.6) is 0 Å². The second kappa shape index (κ2) is 4.99. The molecule has 6 heteroatoms. The smallest absolute Gasteiger partial charge is 0.0980 e. The first-order valence-electron chi connectivity index (χ1n) is 5.11. The number of thiazole rings is 1. The first kappa shape index (κ1) is 11.6. The topological polar surface area (TPSA) is 58.9 Å². The predicted molar refractivity (Wildman–Crippen MR) is 64.8 cm³/mol. The Labute approximate surface area is 102 Å². The van der Waals surface area contributed by atoms with Gasteiger partial charge in [-0.1, -0.05) is 11.4 Å². The number of aryl methyl sites for hydroxylation is 2. The van der Waals surface area contributed by atoms with E-state index in [1.165, 1.54) is 11.5 Å². The van der Waals surface area contributed by atoms with Crippen LogP contribution in [0.3, 0.4) is 0 Å². The van der Waals surface area contributed by atoms with E-state index in [2.05, 4.69) is 14.6 Å². The van der Waals surface area contributed by atoms with E-state index in [0.717, 1.165) is 27.7 Å². The maximum Gasteiger partial charge on any atom is 0.0980 e. The molecule has 16 heavy (non-hydrogen) atoms. The molecule has 0 aliphatic heterocycles. The lowest BCUT2D eigenvalue weighted by Crippen LogP contribution is -2.02. The molecule has 0 bridgehead atoms. The number of aromatic nitrogens is 3. The van der Waals surface area contributed by atoms with Crippen LogP contribution in [0.2, 0.25) is 0 Å². The van der Waals surface area contributed by atoms with Gasteiger partial charge >= 0.3 is 0 Å². The van der Waals surface area contributed by atoms with E-state index in [0.29, 0.717) is 6.42 Å². The quantitative estimate of drug-likeness (QED) is 0.909. The van der Waals surface area contributed by atoms with Crippen LogP contribution in [0.4, 0.5) is 0 Å². The summed E-state index contributed by atoms with van der Waals surface area (Å²) in [6, 6.07) is 0. The molecule has 1 N–H and O–H groups in total. The van der Waals surface area contributed by atoms with Gasteiger partial charge in [-0.3, -0.25) is 0 Å². The lowest BCUT2D eigenvalue weighted by Gasteiger charge is -2.06. The molecule has 2 heterocycles. The fourth-order valence-corrected chi connectivity index (χ4v) is 3.00. The van der Waals surface area contributed by atoms with Crippen LogP contribution in [0.25, 0.3) is 0 Å². The van der Waals surface area contributed by atoms with Gasteiger partial charge in [0.2, 0.25) is 0 Å². The Bertz CT molecular complexity index is 466. The molecule has 2 aromatic heterocycles. The van der Waals surface area contributed by atoms with E-state index >= 15 is 0 Å². The Morgan fingerprint density at radius 1 is 1.50 bits per heavy atom. The Balaban J connectivity index is 2.11. The van der Waals surface area contributed by atoms with Gasteiger partial charge in [0.05, 0.1) is 21.7 Å². The molecule has 0 saturated heterocycles. The minimum Gasteiger partial charge on any atom is -0.387 e. The average molecular weight is 255 g/mol. The van der Waals surface area contributed by atoms with Crippen LogP contribution in [-0.4, -0.2) is 19.7 Å². The van der Waals surface area contributed by atoms with Crippen molar-refractivity contribution >= 4 is 22.9 Å². The number of aliphatic hydroxyl groups is 1. The molecule has 1 atom stereocenters. The molecular formula is C10H13N3OS2. The summed E-state index contributed by atoms with van der Waals surface area (Å²) in [5.74, 6) is 0. The zero-order chi connectivity index (χ0) is 11.5. The summed E-state index contributed by atoms with van der Waals surface area (Å²) in [6.07, 6.45) is 0.829. The van der Waals surface area contributed by atoms with Crippen LogP contribution in [-0.2, 0) is 12.8 Å². The van der Waals surface area contributed by atoms with Crippen LogP contribution >= 0.6 is 22.9 Å². The Hall–Kier alpha value is -0.850. The Morgan fingerprint density at radius 2 is 2.31 bits per heavy atom. The van der Waals surface area contributed by atoms with Gasteiger partial charge in [0.25, 0.3) is 0 Å². The van der Waals surface area contributed by atoms with E-state index in [1.807, 2.05) is 19.2 Å². The fourth-order valence-electron chi connectivity index (χ4n) is 1.47. The minimum absolute atomic E-state index is 0.527. The van der Waals surface area contributed by atoms with Crippen molar-refractivity contribution in [1.29, 1.82) is 0 Å². The summed E-state index contributed by atoms with van der Waals surface area (Å²) >= 11 is 2.86. The van der Waals surface area contributed by atoms with Gasteiger partial charge in [0.1, 0.15) is 0 Å². The molecule has 0 saturated carbocycles. The number of hydrogen-bond donors (Lipinski definition) is 1. The third-order valence-corrected chi connectivity index (χ3v) is 4.11. The average Bonchev–Trinajstić information content (AvgIpc) is 2.86. The molecule has 2 aromatic rings. The summed E-state index contributed by atoms with van der Waals surface area (Å²) < 4.78 is 3.88. The second-order valence-electron chi connectivity index (χ2n) is 3.54. The molecule has 86 valence electrons. The third kappa shape index (κ3) is 2.45. The molecule has 1 unspecified atom stereocenters. The summed E-state index contributed by atoms with van der Waals surface area (Å²) in [5, 5.41) is 17.0. The highest BCUT2D eigenvalue weighted by Gasteiger charge is 2.17. The largest absolute Gasteiger partial charge is 0.387 e. The van der Waals surface area contributed by atoms with Gasteiger partial charge in [-0.05, 0) is 24.9 Å². The van der Waals surface area contributed by atoms with Crippen molar-refractivity contribution in [2.45, 2.75) is 32.8 Å². The first-order chi connectivity index (χ1) is 7.70. The third-order valence-electron chi connectivity index (χ3n) is 2.26. The van der Waals surface area contributed by atoms with Crippen LogP contribution in [0.1, 0.15) is 34.3 Å². The summed E-state index contributed by atoms with van der Waals surface area (Å²) in [7, 11) is 0. The lowest BCUT2D eigenvalue weighted by atomic mass is 10.1. The van der Waals surface area contributed by atoms with E-state index in [9.17, 15) is 5.11 Å². The van der Waals surface area contributed by atoms with Gasteiger partial charge in [-0.2, -0.15) is 0 Å². The fraction of sp³-hybridized carbons (Fsp3) is 0.500. The summed E-state index contributed by atoms with van der Waals surface area (Å²) in [5.41, 5.74) is 1.90. The van der Waals surface area contributed by atoms with Gasteiger partial charge in [-0.15, -0.1) is 16.4 Å². The van der Waals surface area contributed by atoms with Gasteiger partial charge in [0, 0.05) is 17.5 Å². The van der Waals surface area contributed by atoms with Gasteiger partial charge in [0.15, 0.2) is 0 Å². The zero-order valence-electron chi connectivity index (χ0n) is 9.17. The molecule has 0 aliphatic carbocycles.